The van der Waals surface area contributed by atoms with Crippen LogP contribution in [0.2, 0.25) is 0 Å². The predicted octanol–water partition coefficient (Wildman–Crippen LogP) is 2.49. The third kappa shape index (κ3) is 2.87. The van der Waals surface area contributed by atoms with Crippen molar-refractivity contribution in [2.45, 2.75) is 33.2 Å². The monoisotopic (exact) mass is 230 g/mol. The van der Waals surface area contributed by atoms with E-state index in [9.17, 15) is 4.79 Å². The minimum absolute atomic E-state index is 0.0500. The lowest BCUT2D eigenvalue weighted by atomic mass is 10.1. The minimum Gasteiger partial charge on any atom is -0.299 e. The number of aromatic nitrogens is 2. The molecule has 0 aliphatic rings. The molecule has 2 rings (SSSR count). The van der Waals surface area contributed by atoms with Crippen molar-refractivity contribution in [3.8, 4) is 0 Å². The Morgan fingerprint density at radius 3 is 2.59 bits per heavy atom. The molecular weight excluding hydrogens is 212 g/mol. The second-order valence-corrected chi connectivity index (χ2v) is 4.44. The van der Waals surface area contributed by atoms with Gasteiger partial charge in [0, 0.05) is 11.8 Å². The number of aromatic amines is 1. The van der Waals surface area contributed by atoms with E-state index in [-0.39, 0.29) is 5.56 Å². The number of hydrogen-bond donors (Lipinski definition) is 1. The topological polar surface area (TPSA) is 37.8 Å². The SMILES string of the molecule is CCCc1cc(=O)n(Cc2ccc(C)cc2)[nH]1. The zero-order valence-corrected chi connectivity index (χ0v) is 10.4. The van der Waals surface area contributed by atoms with E-state index in [2.05, 4.69) is 43.2 Å². The first-order valence-corrected chi connectivity index (χ1v) is 6.03. The number of aryl methyl sites for hydroxylation is 2. The summed E-state index contributed by atoms with van der Waals surface area (Å²) in [6.45, 7) is 4.78. The van der Waals surface area contributed by atoms with Gasteiger partial charge in [-0.2, -0.15) is 0 Å². The van der Waals surface area contributed by atoms with E-state index < -0.39 is 0 Å². The Morgan fingerprint density at radius 1 is 1.24 bits per heavy atom. The maximum atomic E-state index is 11.7. The molecule has 1 N–H and O–H groups in total. The Bertz CT molecular complexity index is 534. The van der Waals surface area contributed by atoms with Gasteiger partial charge in [0.2, 0.25) is 0 Å². The van der Waals surface area contributed by atoms with Crippen LogP contribution >= 0.6 is 0 Å². The summed E-state index contributed by atoms with van der Waals surface area (Å²) in [4.78, 5) is 11.7. The lowest BCUT2D eigenvalue weighted by molar-refractivity contribution is 0.648. The van der Waals surface area contributed by atoms with E-state index in [4.69, 9.17) is 0 Å². The van der Waals surface area contributed by atoms with Gasteiger partial charge in [0.1, 0.15) is 0 Å². The van der Waals surface area contributed by atoms with Crippen molar-refractivity contribution in [2.24, 2.45) is 0 Å². The molecule has 2 aromatic rings. The summed E-state index contributed by atoms with van der Waals surface area (Å²) in [6, 6.07) is 9.94. The second-order valence-electron chi connectivity index (χ2n) is 4.44. The van der Waals surface area contributed by atoms with Gasteiger partial charge in [0.25, 0.3) is 5.56 Å². The van der Waals surface area contributed by atoms with Crippen molar-refractivity contribution < 1.29 is 0 Å². The van der Waals surface area contributed by atoms with Crippen molar-refractivity contribution in [1.82, 2.24) is 9.78 Å². The van der Waals surface area contributed by atoms with Gasteiger partial charge in [0.05, 0.1) is 6.54 Å². The van der Waals surface area contributed by atoms with Crippen LogP contribution in [0.1, 0.15) is 30.2 Å². The van der Waals surface area contributed by atoms with Crippen LogP contribution in [0.5, 0.6) is 0 Å². The molecular formula is C14H18N2O. The normalized spacial score (nSPS) is 10.7. The van der Waals surface area contributed by atoms with Gasteiger partial charge in [-0.25, -0.2) is 4.68 Å². The van der Waals surface area contributed by atoms with Gasteiger partial charge >= 0.3 is 0 Å². The number of H-pyrrole nitrogens is 1. The van der Waals surface area contributed by atoms with E-state index in [0.29, 0.717) is 6.54 Å². The molecule has 0 radical (unpaired) electrons. The van der Waals surface area contributed by atoms with Crippen molar-refractivity contribution >= 4 is 0 Å². The van der Waals surface area contributed by atoms with E-state index in [1.54, 1.807) is 10.7 Å². The van der Waals surface area contributed by atoms with Crippen molar-refractivity contribution in [2.75, 3.05) is 0 Å². The number of rotatable bonds is 4. The van der Waals surface area contributed by atoms with Crippen molar-refractivity contribution in [3.05, 3.63) is 57.5 Å². The Kier molecular flexibility index (Phi) is 3.47. The summed E-state index contributed by atoms with van der Waals surface area (Å²) in [5.41, 5.74) is 3.44. The molecule has 0 unspecified atom stereocenters. The van der Waals surface area contributed by atoms with E-state index in [0.717, 1.165) is 24.1 Å². The van der Waals surface area contributed by atoms with Gasteiger partial charge in [-0.05, 0) is 18.9 Å². The quantitative estimate of drug-likeness (QED) is 0.861. The highest BCUT2D eigenvalue weighted by Crippen LogP contribution is 2.04. The number of nitrogens with one attached hydrogen (secondary N) is 1. The van der Waals surface area contributed by atoms with Crippen molar-refractivity contribution in [1.29, 1.82) is 0 Å². The fraction of sp³-hybridized carbons (Fsp3) is 0.357. The van der Waals surface area contributed by atoms with Crippen LogP contribution in [0.25, 0.3) is 0 Å². The highest BCUT2D eigenvalue weighted by atomic mass is 16.1. The molecule has 0 bridgehead atoms. The Hall–Kier alpha value is -1.77. The molecule has 0 saturated carbocycles. The molecule has 3 nitrogen and oxygen atoms in total. The maximum absolute atomic E-state index is 11.7. The molecule has 0 aliphatic heterocycles. The predicted molar refractivity (Wildman–Crippen MR) is 69.3 cm³/mol. The minimum atomic E-state index is 0.0500. The number of nitrogens with zero attached hydrogens (tertiary/aromatic N) is 1. The zero-order valence-electron chi connectivity index (χ0n) is 10.4. The highest BCUT2D eigenvalue weighted by molar-refractivity contribution is 5.21. The average Bonchev–Trinajstić information content (AvgIpc) is 2.63. The largest absolute Gasteiger partial charge is 0.299 e. The fourth-order valence-electron chi connectivity index (χ4n) is 1.88. The summed E-state index contributed by atoms with van der Waals surface area (Å²) in [7, 11) is 0. The zero-order chi connectivity index (χ0) is 12.3. The summed E-state index contributed by atoms with van der Waals surface area (Å²) in [5.74, 6) is 0. The van der Waals surface area contributed by atoms with Gasteiger partial charge in [-0.3, -0.25) is 9.89 Å². The lowest BCUT2D eigenvalue weighted by Gasteiger charge is -2.03. The molecule has 1 aromatic heterocycles. The van der Waals surface area contributed by atoms with E-state index in [1.807, 2.05) is 0 Å². The van der Waals surface area contributed by atoms with Crippen LogP contribution in [0.15, 0.2) is 35.1 Å². The first-order chi connectivity index (χ1) is 8.19. The van der Waals surface area contributed by atoms with Crippen LogP contribution in [0, 0.1) is 6.92 Å². The maximum Gasteiger partial charge on any atom is 0.267 e. The van der Waals surface area contributed by atoms with Gasteiger partial charge < -0.3 is 0 Å². The van der Waals surface area contributed by atoms with E-state index >= 15 is 0 Å². The van der Waals surface area contributed by atoms with Gasteiger partial charge in [-0.1, -0.05) is 43.2 Å². The second kappa shape index (κ2) is 5.04. The molecule has 3 heteroatoms. The Balaban J connectivity index is 2.18. The molecule has 0 amide bonds. The van der Waals surface area contributed by atoms with Gasteiger partial charge in [-0.15, -0.1) is 0 Å². The Morgan fingerprint density at radius 2 is 1.94 bits per heavy atom. The summed E-state index contributed by atoms with van der Waals surface area (Å²) >= 11 is 0. The third-order valence-corrected chi connectivity index (χ3v) is 2.82. The first kappa shape index (κ1) is 11.7. The molecule has 90 valence electrons. The molecule has 1 heterocycles. The van der Waals surface area contributed by atoms with Crippen LogP contribution in [-0.4, -0.2) is 9.78 Å². The smallest absolute Gasteiger partial charge is 0.267 e. The molecule has 0 fully saturated rings. The summed E-state index contributed by atoms with van der Waals surface area (Å²) in [6.07, 6.45) is 1.97. The molecule has 0 saturated heterocycles. The van der Waals surface area contributed by atoms with E-state index in [1.165, 1.54) is 5.56 Å². The van der Waals surface area contributed by atoms with Crippen molar-refractivity contribution in [3.63, 3.8) is 0 Å². The summed E-state index contributed by atoms with van der Waals surface area (Å²) < 4.78 is 1.66. The molecule has 17 heavy (non-hydrogen) atoms. The Labute approximate surface area is 101 Å². The third-order valence-electron chi connectivity index (χ3n) is 2.82. The number of benzene rings is 1. The molecule has 0 atom stereocenters. The standard InChI is InChI=1S/C14H18N2O/c1-3-4-13-9-14(17)16(15-13)10-12-7-5-11(2)6-8-12/h5-9,15H,3-4,10H2,1-2H3. The lowest BCUT2D eigenvalue weighted by Crippen LogP contribution is -2.16. The molecule has 1 aromatic carbocycles. The summed E-state index contributed by atoms with van der Waals surface area (Å²) in [5, 5.41) is 3.15. The molecule has 0 spiro atoms. The van der Waals surface area contributed by atoms with Gasteiger partial charge in [0.15, 0.2) is 0 Å². The average molecular weight is 230 g/mol. The van der Waals surface area contributed by atoms with Crippen LogP contribution in [-0.2, 0) is 13.0 Å². The molecule has 0 aliphatic carbocycles. The first-order valence-electron chi connectivity index (χ1n) is 6.03. The fourth-order valence-corrected chi connectivity index (χ4v) is 1.88. The number of hydrogen-bond acceptors (Lipinski definition) is 1. The van der Waals surface area contributed by atoms with Crippen LogP contribution in [0.4, 0.5) is 0 Å². The van der Waals surface area contributed by atoms with Crippen LogP contribution < -0.4 is 5.56 Å². The van der Waals surface area contributed by atoms with Crippen LogP contribution in [0.3, 0.4) is 0 Å². The highest BCUT2D eigenvalue weighted by Gasteiger charge is 2.02.